The molecule has 0 saturated heterocycles. The zero-order valence-electron chi connectivity index (χ0n) is 10.8. The molecule has 0 bridgehead atoms. The molecular formula is C14H15ClFN3. The molecule has 1 aromatic carbocycles. The van der Waals surface area contributed by atoms with Gasteiger partial charge in [0.15, 0.2) is 0 Å². The van der Waals surface area contributed by atoms with Crippen LogP contribution in [-0.2, 0) is 6.42 Å². The van der Waals surface area contributed by atoms with Crippen LogP contribution in [0.5, 0.6) is 0 Å². The van der Waals surface area contributed by atoms with Gasteiger partial charge in [-0.3, -0.25) is 0 Å². The molecule has 2 aromatic rings. The summed E-state index contributed by atoms with van der Waals surface area (Å²) < 4.78 is 13.0. The Morgan fingerprint density at radius 1 is 1.42 bits per heavy atom. The first kappa shape index (κ1) is 13.9. The maximum Gasteiger partial charge on any atom is 0.132 e. The lowest BCUT2D eigenvalue weighted by Gasteiger charge is -2.10. The van der Waals surface area contributed by atoms with Crippen LogP contribution in [0, 0.1) is 12.7 Å². The van der Waals surface area contributed by atoms with E-state index in [0.717, 1.165) is 16.8 Å². The van der Waals surface area contributed by atoms with Gasteiger partial charge in [0.25, 0.3) is 0 Å². The van der Waals surface area contributed by atoms with E-state index in [1.54, 1.807) is 12.3 Å². The third-order valence-electron chi connectivity index (χ3n) is 2.92. The van der Waals surface area contributed by atoms with Crippen LogP contribution in [0.1, 0.15) is 35.6 Å². The van der Waals surface area contributed by atoms with E-state index in [2.05, 4.69) is 9.97 Å². The van der Waals surface area contributed by atoms with Crippen molar-refractivity contribution in [3.05, 3.63) is 57.9 Å². The van der Waals surface area contributed by atoms with Gasteiger partial charge < -0.3 is 5.73 Å². The Morgan fingerprint density at radius 2 is 2.16 bits per heavy atom. The van der Waals surface area contributed by atoms with Crippen LogP contribution in [0.3, 0.4) is 0 Å². The molecule has 2 N–H and O–H groups in total. The molecule has 0 radical (unpaired) electrons. The summed E-state index contributed by atoms with van der Waals surface area (Å²) in [7, 11) is 0. The molecule has 19 heavy (non-hydrogen) atoms. The molecule has 0 amide bonds. The topological polar surface area (TPSA) is 51.8 Å². The van der Waals surface area contributed by atoms with Gasteiger partial charge in [-0.25, -0.2) is 14.4 Å². The molecule has 1 atom stereocenters. The van der Waals surface area contributed by atoms with E-state index in [9.17, 15) is 4.39 Å². The van der Waals surface area contributed by atoms with Crippen LogP contribution in [0.15, 0.2) is 24.4 Å². The Balaban J connectivity index is 2.26. The van der Waals surface area contributed by atoms with Gasteiger partial charge in [-0.1, -0.05) is 17.7 Å². The van der Waals surface area contributed by atoms with E-state index >= 15 is 0 Å². The van der Waals surface area contributed by atoms with Crippen molar-refractivity contribution in [2.45, 2.75) is 26.3 Å². The molecule has 0 saturated carbocycles. The van der Waals surface area contributed by atoms with Crippen LogP contribution in [0.4, 0.5) is 4.39 Å². The second-order valence-corrected chi connectivity index (χ2v) is 4.94. The SMILES string of the molecule is Cc1nc(Cc2ccc(F)cc2Cl)ncc1C(C)N. The minimum atomic E-state index is -0.349. The number of hydrogen-bond acceptors (Lipinski definition) is 3. The molecule has 0 aliphatic carbocycles. The van der Waals surface area contributed by atoms with E-state index in [0.29, 0.717) is 17.3 Å². The number of hydrogen-bond donors (Lipinski definition) is 1. The highest BCUT2D eigenvalue weighted by molar-refractivity contribution is 6.31. The Labute approximate surface area is 116 Å². The highest BCUT2D eigenvalue weighted by Crippen LogP contribution is 2.20. The summed E-state index contributed by atoms with van der Waals surface area (Å²) in [5.74, 6) is 0.300. The minimum absolute atomic E-state index is 0.0940. The Morgan fingerprint density at radius 3 is 2.74 bits per heavy atom. The van der Waals surface area contributed by atoms with Gasteiger partial charge in [-0.15, -0.1) is 0 Å². The number of nitrogens with zero attached hydrogens (tertiary/aromatic N) is 2. The zero-order chi connectivity index (χ0) is 14.0. The second-order valence-electron chi connectivity index (χ2n) is 4.53. The monoisotopic (exact) mass is 279 g/mol. The minimum Gasteiger partial charge on any atom is -0.324 e. The van der Waals surface area contributed by atoms with Crippen LogP contribution in [-0.4, -0.2) is 9.97 Å². The second kappa shape index (κ2) is 5.63. The van der Waals surface area contributed by atoms with Crippen LogP contribution in [0.25, 0.3) is 0 Å². The number of aryl methyl sites for hydroxylation is 1. The number of aromatic nitrogens is 2. The average Bonchev–Trinajstić information content (AvgIpc) is 2.32. The summed E-state index contributed by atoms with van der Waals surface area (Å²) in [6, 6.07) is 4.23. The molecular weight excluding hydrogens is 265 g/mol. The quantitative estimate of drug-likeness (QED) is 0.939. The first-order valence-electron chi connectivity index (χ1n) is 5.99. The third-order valence-corrected chi connectivity index (χ3v) is 3.27. The van der Waals surface area contributed by atoms with Gasteiger partial charge in [0, 0.05) is 34.9 Å². The molecule has 0 aliphatic heterocycles. The van der Waals surface area contributed by atoms with Crippen LogP contribution in [0.2, 0.25) is 5.02 Å². The number of benzene rings is 1. The summed E-state index contributed by atoms with van der Waals surface area (Å²) in [5.41, 5.74) is 8.40. The standard InChI is InChI=1S/C14H15ClFN3/c1-8(17)12-7-18-14(19-9(12)2)5-10-3-4-11(16)6-13(10)15/h3-4,6-8H,5,17H2,1-2H3. The number of rotatable bonds is 3. The average molecular weight is 280 g/mol. The summed E-state index contributed by atoms with van der Waals surface area (Å²) in [5, 5.41) is 0.387. The first-order chi connectivity index (χ1) is 8.97. The molecule has 5 heteroatoms. The molecule has 1 aromatic heterocycles. The maximum atomic E-state index is 13.0. The molecule has 100 valence electrons. The molecule has 1 unspecified atom stereocenters. The van der Waals surface area contributed by atoms with Crippen LogP contribution >= 0.6 is 11.6 Å². The largest absolute Gasteiger partial charge is 0.324 e. The molecule has 0 aliphatic rings. The molecule has 2 rings (SSSR count). The van der Waals surface area contributed by atoms with Gasteiger partial charge in [-0.05, 0) is 31.5 Å². The van der Waals surface area contributed by atoms with Crippen LogP contribution < -0.4 is 5.73 Å². The normalized spacial score (nSPS) is 12.5. The lowest BCUT2D eigenvalue weighted by Crippen LogP contribution is -2.10. The van der Waals surface area contributed by atoms with Crippen molar-refractivity contribution in [2.24, 2.45) is 5.73 Å². The fourth-order valence-electron chi connectivity index (χ4n) is 1.89. The highest BCUT2D eigenvalue weighted by atomic mass is 35.5. The Hall–Kier alpha value is -1.52. The van der Waals surface area contributed by atoms with E-state index in [4.69, 9.17) is 17.3 Å². The van der Waals surface area contributed by atoms with Crippen molar-refractivity contribution in [3.8, 4) is 0 Å². The van der Waals surface area contributed by atoms with Gasteiger partial charge >= 0.3 is 0 Å². The molecule has 1 heterocycles. The van der Waals surface area contributed by atoms with E-state index in [-0.39, 0.29) is 11.9 Å². The highest BCUT2D eigenvalue weighted by Gasteiger charge is 2.09. The van der Waals surface area contributed by atoms with Gasteiger partial charge in [0.05, 0.1) is 0 Å². The summed E-state index contributed by atoms with van der Waals surface area (Å²) >= 11 is 5.99. The Kier molecular flexibility index (Phi) is 4.12. The van der Waals surface area contributed by atoms with Crippen molar-refractivity contribution in [1.82, 2.24) is 9.97 Å². The predicted molar refractivity (Wildman–Crippen MR) is 73.6 cm³/mol. The smallest absolute Gasteiger partial charge is 0.132 e. The van der Waals surface area contributed by atoms with Crippen molar-refractivity contribution in [3.63, 3.8) is 0 Å². The van der Waals surface area contributed by atoms with Crippen molar-refractivity contribution < 1.29 is 4.39 Å². The summed E-state index contributed by atoms with van der Waals surface area (Å²) in [6.07, 6.45) is 2.21. The molecule has 0 spiro atoms. The molecule has 3 nitrogen and oxygen atoms in total. The van der Waals surface area contributed by atoms with Gasteiger partial charge in [0.1, 0.15) is 11.6 Å². The molecule has 0 fully saturated rings. The lowest BCUT2D eigenvalue weighted by atomic mass is 10.1. The summed E-state index contributed by atoms with van der Waals surface area (Å²) in [6.45, 7) is 3.79. The lowest BCUT2D eigenvalue weighted by molar-refractivity contribution is 0.627. The fourth-order valence-corrected chi connectivity index (χ4v) is 2.13. The van der Waals surface area contributed by atoms with Gasteiger partial charge in [0.2, 0.25) is 0 Å². The van der Waals surface area contributed by atoms with Crippen molar-refractivity contribution in [2.75, 3.05) is 0 Å². The van der Waals surface area contributed by atoms with Crippen molar-refractivity contribution >= 4 is 11.6 Å². The Bertz CT molecular complexity index is 599. The van der Waals surface area contributed by atoms with E-state index in [1.807, 2.05) is 13.8 Å². The summed E-state index contributed by atoms with van der Waals surface area (Å²) in [4.78, 5) is 8.69. The maximum absolute atomic E-state index is 13.0. The number of halogens is 2. The van der Waals surface area contributed by atoms with E-state index in [1.165, 1.54) is 12.1 Å². The first-order valence-corrected chi connectivity index (χ1v) is 6.37. The predicted octanol–water partition coefficient (Wildman–Crippen LogP) is 3.19. The van der Waals surface area contributed by atoms with Gasteiger partial charge in [-0.2, -0.15) is 0 Å². The number of nitrogens with two attached hydrogens (primary N) is 1. The fraction of sp³-hybridized carbons (Fsp3) is 0.286. The van der Waals surface area contributed by atoms with Crippen molar-refractivity contribution in [1.29, 1.82) is 0 Å². The zero-order valence-corrected chi connectivity index (χ0v) is 11.6. The third kappa shape index (κ3) is 3.28. The van der Waals surface area contributed by atoms with E-state index < -0.39 is 0 Å².